The molecule has 2 aliphatic rings. The summed E-state index contributed by atoms with van der Waals surface area (Å²) in [6.45, 7) is 2.73. The molecular formula is C22H24N2O2. The van der Waals surface area contributed by atoms with Crippen molar-refractivity contribution < 1.29 is 9.59 Å². The molecule has 3 atom stereocenters. The first kappa shape index (κ1) is 16.8. The van der Waals surface area contributed by atoms with Crippen molar-refractivity contribution in [1.29, 1.82) is 0 Å². The van der Waals surface area contributed by atoms with E-state index in [9.17, 15) is 9.59 Å². The predicted octanol–water partition coefficient (Wildman–Crippen LogP) is 3.48. The van der Waals surface area contributed by atoms with Crippen LogP contribution in [-0.4, -0.2) is 18.4 Å². The number of amides is 2. The third kappa shape index (κ3) is 3.24. The van der Waals surface area contributed by atoms with Crippen LogP contribution in [0.1, 0.15) is 36.9 Å². The van der Waals surface area contributed by atoms with Crippen molar-refractivity contribution in [3.05, 3.63) is 65.7 Å². The van der Waals surface area contributed by atoms with E-state index in [1.165, 1.54) is 5.56 Å². The van der Waals surface area contributed by atoms with Gasteiger partial charge < -0.3 is 10.2 Å². The highest BCUT2D eigenvalue weighted by Gasteiger charge is 2.50. The van der Waals surface area contributed by atoms with E-state index in [1.807, 2.05) is 60.4 Å². The molecule has 4 rings (SSSR count). The summed E-state index contributed by atoms with van der Waals surface area (Å²) in [5, 5.41) is 3.06. The van der Waals surface area contributed by atoms with Gasteiger partial charge in [0.05, 0.1) is 17.9 Å². The molecule has 1 aliphatic heterocycles. The summed E-state index contributed by atoms with van der Waals surface area (Å²) in [4.78, 5) is 27.4. The van der Waals surface area contributed by atoms with Crippen LogP contribution in [0, 0.1) is 11.8 Å². The monoisotopic (exact) mass is 348 g/mol. The highest BCUT2D eigenvalue weighted by Crippen LogP contribution is 2.42. The molecule has 2 aromatic rings. The zero-order valence-electron chi connectivity index (χ0n) is 15.0. The van der Waals surface area contributed by atoms with Crippen LogP contribution in [0.3, 0.4) is 0 Å². The van der Waals surface area contributed by atoms with Gasteiger partial charge in [-0.15, -0.1) is 0 Å². The lowest BCUT2D eigenvalue weighted by Gasteiger charge is -2.29. The number of anilines is 1. The Morgan fingerprint density at radius 3 is 2.58 bits per heavy atom. The van der Waals surface area contributed by atoms with Gasteiger partial charge in [-0.3, -0.25) is 9.59 Å². The van der Waals surface area contributed by atoms with Gasteiger partial charge in [0, 0.05) is 12.2 Å². The van der Waals surface area contributed by atoms with E-state index < -0.39 is 0 Å². The Balaban J connectivity index is 1.39. The Bertz CT molecular complexity index is 818. The second-order valence-electron chi connectivity index (χ2n) is 7.31. The molecule has 134 valence electrons. The molecule has 4 nitrogen and oxygen atoms in total. The van der Waals surface area contributed by atoms with E-state index in [2.05, 4.69) is 11.4 Å². The van der Waals surface area contributed by atoms with E-state index in [1.54, 1.807) is 0 Å². The van der Waals surface area contributed by atoms with Gasteiger partial charge in [-0.1, -0.05) is 48.5 Å². The number of para-hydroxylation sites is 1. The number of benzene rings is 2. The second kappa shape index (κ2) is 6.94. The molecule has 0 bridgehead atoms. The molecule has 0 spiro atoms. The van der Waals surface area contributed by atoms with E-state index in [-0.39, 0.29) is 29.7 Å². The van der Waals surface area contributed by atoms with Crippen molar-refractivity contribution in [1.82, 2.24) is 5.32 Å². The molecule has 26 heavy (non-hydrogen) atoms. The minimum absolute atomic E-state index is 0.00926. The summed E-state index contributed by atoms with van der Waals surface area (Å²) in [7, 11) is 0. The molecular weight excluding hydrogens is 324 g/mol. The summed E-state index contributed by atoms with van der Waals surface area (Å²) in [5.74, 6) is -0.276. The van der Waals surface area contributed by atoms with Crippen molar-refractivity contribution in [2.45, 2.75) is 32.2 Å². The largest absolute Gasteiger partial charge is 0.349 e. The lowest BCUT2D eigenvalue weighted by atomic mass is 10.0. The number of carbonyl (C=O) groups excluding carboxylic acids is 2. The Morgan fingerprint density at radius 2 is 1.77 bits per heavy atom. The number of rotatable bonds is 4. The van der Waals surface area contributed by atoms with Crippen molar-refractivity contribution in [3.63, 3.8) is 0 Å². The zero-order valence-corrected chi connectivity index (χ0v) is 15.0. The van der Waals surface area contributed by atoms with Gasteiger partial charge in [-0.05, 0) is 43.4 Å². The molecule has 0 aromatic heterocycles. The van der Waals surface area contributed by atoms with Crippen molar-refractivity contribution >= 4 is 17.5 Å². The highest BCUT2D eigenvalue weighted by atomic mass is 16.2. The van der Waals surface area contributed by atoms with E-state index in [0.29, 0.717) is 6.42 Å². The van der Waals surface area contributed by atoms with Crippen LogP contribution in [0.4, 0.5) is 5.69 Å². The van der Waals surface area contributed by atoms with Crippen LogP contribution in [-0.2, 0) is 16.0 Å². The first-order valence-corrected chi connectivity index (χ1v) is 9.40. The van der Waals surface area contributed by atoms with Crippen LogP contribution >= 0.6 is 0 Å². The summed E-state index contributed by atoms with van der Waals surface area (Å²) in [6, 6.07) is 18.0. The van der Waals surface area contributed by atoms with Gasteiger partial charge in [0.25, 0.3) is 0 Å². The van der Waals surface area contributed by atoms with Crippen LogP contribution < -0.4 is 10.2 Å². The fourth-order valence-electron chi connectivity index (χ4n) is 3.87. The molecule has 0 radical (unpaired) electrons. The fraction of sp³-hybridized carbons (Fsp3) is 0.364. The van der Waals surface area contributed by atoms with Gasteiger partial charge in [-0.25, -0.2) is 0 Å². The summed E-state index contributed by atoms with van der Waals surface area (Å²) < 4.78 is 0. The average molecular weight is 348 g/mol. The average Bonchev–Trinajstić information content (AvgIpc) is 3.48. The Hall–Kier alpha value is -2.62. The second-order valence-corrected chi connectivity index (χ2v) is 7.31. The molecule has 1 saturated carbocycles. The van der Waals surface area contributed by atoms with E-state index >= 15 is 0 Å². The lowest BCUT2D eigenvalue weighted by molar-refractivity contribution is -0.126. The van der Waals surface area contributed by atoms with Crippen LogP contribution in [0.2, 0.25) is 0 Å². The molecule has 4 heteroatoms. The van der Waals surface area contributed by atoms with Gasteiger partial charge in [0.2, 0.25) is 11.8 Å². The molecule has 0 saturated heterocycles. The molecule has 1 heterocycles. The predicted molar refractivity (Wildman–Crippen MR) is 102 cm³/mol. The van der Waals surface area contributed by atoms with Crippen LogP contribution in [0.5, 0.6) is 0 Å². The Labute approximate surface area is 154 Å². The van der Waals surface area contributed by atoms with Crippen LogP contribution in [0.25, 0.3) is 0 Å². The van der Waals surface area contributed by atoms with E-state index in [4.69, 9.17) is 0 Å². The maximum atomic E-state index is 12.9. The molecule has 1 aliphatic carbocycles. The zero-order chi connectivity index (χ0) is 18.1. The minimum Gasteiger partial charge on any atom is -0.349 e. The smallest absolute Gasteiger partial charge is 0.230 e. The van der Waals surface area contributed by atoms with Crippen molar-refractivity contribution in [2.75, 3.05) is 11.4 Å². The lowest BCUT2D eigenvalue weighted by Crippen LogP contribution is -2.38. The third-order valence-electron chi connectivity index (χ3n) is 5.48. The molecule has 2 aromatic carbocycles. The number of nitrogens with one attached hydrogen (secondary N) is 1. The number of fused-ring (bicyclic) bond motifs is 1. The first-order chi connectivity index (χ1) is 12.6. The molecule has 1 N–H and O–H groups in total. The van der Waals surface area contributed by atoms with Crippen LogP contribution in [0.15, 0.2) is 54.6 Å². The van der Waals surface area contributed by atoms with Gasteiger partial charge in [0.1, 0.15) is 0 Å². The number of carbonyl (C=O) groups is 2. The van der Waals surface area contributed by atoms with Gasteiger partial charge in [-0.2, -0.15) is 0 Å². The van der Waals surface area contributed by atoms with Crippen molar-refractivity contribution in [3.8, 4) is 0 Å². The maximum Gasteiger partial charge on any atom is 0.230 e. The fourth-order valence-corrected chi connectivity index (χ4v) is 3.87. The van der Waals surface area contributed by atoms with E-state index in [0.717, 1.165) is 30.6 Å². The summed E-state index contributed by atoms with van der Waals surface area (Å²) in [6.07, 6.45) is 2.66. The molecule has 1 fully saturated rings. The number of hydrogen-bond acceptors (Lipinski definition) is 2. The topological polar surface area (TPSA) is 49.4 Å². The third-order valence-corrected chi connectivity index (χ3v) is 5.48. The van der Waals surface area contributed by atoms with Gasteiger partial charge in [0.15, 0.2) is 0 Å². The number of aryl methyl sites for hydroxylation is 1. The number of hydrogen-bond donors (Lipinski definition) is 1. The molecule has 3 unspecified atom stereocenters. The van der Waals surface area contributed by atoms with Gasteiger partial charge >= 0.3 is 0 Å². The minimum atomic E-state index is -0.192. The summed E-state index contributed by atoms with van der Waals surface area (Å²) in [5.41, 5.74) is 3.33. The standard InChI is InChI=1S/C22H24N2O2/c1-15(16-8-3-2-4-9-16)23-21(25)18-14-19(18)22(26)24-13-7-11-17-10-5-6-12-20(17)24/h2-6,8-10,12,15,18-19H,7,11,13-14H2,1H3,(H,23,25). The quantitative estimate of drug-likeness (QED) is 0.920. The SMILES string of the molecule is CC(NC(=O)C1CC1C(=O)N1CCCc2ccccc21)c1ccccc1. The normalized spacial score (nSPS) is 22.3. The van der Waals surface area contributed by atoms with Crippen molar-refractivity contribution in [2.24, 2.45) is 11.8 Å². The highest BCUT2D eigenvalue weighted by molar-refractivity contribution is 6.01. The maximum absolute atomic E-state index is 12.9. The first-order valence-electron chi connectivity index (χ1n) is 9.40. The number of nitrogens with zero attached hydrogens (tertiary/aromatic N) is 1. The molecule has 2 amide bonds. The Morgan fingerprint density at radius 1 is 1.04 bits per heavy atom. The Kier molecular flexibility index (Phi) is 4.49. The summed E-state index contributed by atoms with van der Waals surface area (Å²) >= 11 is 0.